The zero-order chi connectivity index (χ0) is 36.7. The molecule has 0 fully saturated rings. The Kier molecular flexibility index (Phi) is 11.2. The minimum Gasteiger partial charge on any atom is -0.203 e. The summed E-state index contributed by atoms with van der Waals surface area (Å²) >= 11 is 0. The lowest BCUT2D eigenvalue weighted by Gasteiger charge is -2.33. The van der Waals surface area contributed by atoms with Crippen LogP contribution in [0, 0.1) is 29.1 Å². The molecule has 0 spiro atoms. The van der Waals surface area contributed by atoms with Crippen molar-refractivity contribution >= 4 is 48.7 Å². The Morgan fingerprint density at radius 2 is 0.679 bits per heavy atom. The van der Waals surface area contributed by atoms with Crippen LogP contribution in [0.1, 0.15) is 16.7 Å². The van der Waals surface area contributed by atoms with Gasteiger partial charge in [0, 0.05) is 10.9 Å². The highest BCUT2D eigenvalue weighted by Gasteiger charge is 2.36. The molecule has 0 radical (unpaired) electrons. The number of benzene rings is 7. The topological polar surface area (TPSA) is 0 Å². The predicted molar refractivity (Wildman–Crippen MR) is 211 cm³/mol. The second kappa shape index (κ2) is 16.5. The quantitative estimate of drug-likeness (QED) is 0.0431. The summed E-state index contributed by atoms with van der Waals surface area (Å²) < 4.78 is 78.8. The van der Waals surface area contributed by atoms with Gasteiger partial charge in [0.1, 0.15) is 0 Å². The molecule has 0 heterocycles. The van der Waals surface area contributed by atoms with Gasteiger partial charge in [-0.2, -0.15) is 0 Å². The molecule has 0 saturated heterocycles. The fourth-order valence-electron chi connectivity index (χ4n) is 6.27. The van der Waals surface area contributed by atoms with Crippen LogP contribution in [0.25, 0.3) is 11.6 Å². The molecule has 7 heteroatoms. The first-order valence-electron chi connectivity index (χ1n) is 16.8. The summed E-state index contributed by atoms with van der Waals surface area (Å²) in [5, 5.41) is 4.70. The molecule has 7 aromatic rings. The van der Waals surface area contributed by atoms with Crippen molar-refractivity contribution < 1.29 is 22.0 Å². The van der Waals surface area contributed by atoms with E-state index in [1.807, 2.05) is 158 Å². The molecule has 0 N–H and O–H groups in total. The number of halogens is 5. The minimum absolute atomic E-state index is 0.0706. The molecule has 7 rings (SSSR count). The molecule has 0 amide bonds. The van der Waals surface area contributed by atoms with Gasteiger partial charge in [0.05, 0.1) is 5.56 Å². The Labute approximate surface area is 308 Å². The van der Waals surface area contributed by atoms with Crippen molar-refractivity contribution in [3.05, 3.63) is 238 Å². The van der Waals surface area contributed by atoms with Crippen LogP contribution >= 0.6 is 15.8 Å². The van der Waals surface area contributed by atoms with Crippen molar-refractivity contribution in [3.63, 3.8) is 0 Å². The van der Waals surface area contributed by atoms with Crippen LogP contribution in [0.15, 0.2) is 193 Å². The average Bonchev–Trinajstić information content (AvgIpc) is 3.22. The average molecular weight is 741 g/mol. The molecule has 0 atom stereocenters. The van der Waals surface area contributed by atoms with Crippen molar-refractivity contribution in [2.24, 2.45) is 0 Å². The van der Waals surface area contributed by atoms with Gasteiger partial charge in [-0.3, -0.25) is 0 Å². The summed E-state index contributed by atoms with van der Waals surface area (Å²) in [5.41, 5.74) is 0.0659. The Balaban J connectivity index is 1.77. The SMILES string of the molecule is Fc1c(F)c(F)c(/C(=C(/C(=C/c2ccccc2)P(c2ccccc2)c2ccccc2)P(c2ccccc2)c2ccccc2)c2ccccc2)c(F)c1F. The summed E-state index contributed by atoms with van der Waals surface area (Å²) in [4.78, 5) is 0. The molecule has 0 unspecified atom stereocenters. The number of allylic oxidation sites excluding steroid dienone is 2. The molecule has 0 aliphatic rings. The largest absolute Gasteiger partial charge is 0.203 e. The zero-order valence-corrected chi connectivity index (χ0v) is 30.0. The van der Waals surface area contributed by atoms with Gasteiger partial charge in [-0.25, -0.2) is 22.0 Å². The minimum atomic E-state index is -2.21. The first kappa shape index (κ1) is 35.9. The van der Waals surface area contributed by atoms with E-state index in [9.17, 15) is 4.39 Å². The van der Waals surface area contributed by atoms with Gasteiger partial charge in [-0.1, -0.05) is 182 Å². The van der Waals surface area contributed by atoms with E-state index in [2.05, 4.69) is 0 Å². The Morgan fingerprint density at radius 3 is 1.08 bits per heavy atom. The van der Waals surface area contributed by atoms with Crippen LogP contribution in [0.3, 0.4) is 0 Å². The van der Waals surface area contributed by atoms with Crippen LogP contribution in [0.2, 0.25) is 0 Å². The van der Waals surface area contributed by atoms with Gasteiger partial charge in [-0.05, 0) is 59.6 Å². The van der Waals surface area contributed by atoms with Crippen molar-refractivity contribution in [1.29, 1.82) is 0 Å². The third-order valence-corrected chi connectivity index (χ3v) is 13.8. The monoisotopic (exact) mass is 740 g/mol. The maximum atomic E-state index is 16.5. The first-order valence-corrected chi connectivity index (χ1v) is 19.5. The smallest absolute Gasteiger partial charge is 0.200 e. The van der Waals surface area contributed by atoms with Gasteiger partial charge >= 0.3 is 0 Å². The molecule has 0 aliphatic carbocycles. The fourth-order valence-corrected chi connectivity index (χ4v) is 11.8. The van der Waals surface area contributed by atoms with Crippen molar-refractivity contribution in [3.8, 4) is 0 Å². The second-order valence-electron chi connectivity index (χ2n) is 12.0. The molecule has 53 heavy (non-hydrogen) atoms. The third kappa shape index (κ3) is 7.55. The molecule has 0 saturated carbocycles. The fraction of sp³-hybridized carbons (Fsp3) is 0. The first-order chi connectivity index (χ1) is 25.9. The maximum absolute atomic E-state index is 16.5. The highest BCUT2D eigenvalue weighted by molar-refractivity contribution is 7.82. The zero-order valence-electron chi connectivity index (χ0n) is 28.2. The van der Waals surface area contributed by atoms with E-state index < -0.39 is 50.5 Å². The molecule has 0 aromatic heterocycles. The van der Waals surface area contributed by atoms with E-state index >= 15 is 17.6 Å². The molecule has 0 bridgehead atoms. The van der Waals surface area contributed by atoms with E-state index in [0.717, 1.165) is 26.8 Å². The van der Waals surface area contributed by atoms with Crippen LogP contribution in [-0.4, -0.2) is 0 Å². The van der Waals surface area contributed by atoms with E-state index in [-0.39, 0.29) is 5.57 Å². The lowest BCUT2D eigenvalue weighted by Crippen LogP contribution is -2.20. The number of hydrogen-bond donors (Lipinski definition) is 0. The standard InChI is InChI=1S/C46H31F5P2/c47-41-40(42(48)44(50)45(51)43(41)49)39(33-21-9-2-10-22-33)46(53(36-27-15-5-16-28-36)37-29-17-6-18-30-37)38(31-32-19-7-1-8-20-32)52(34-23-11-3-12-24-34)35-25-13-4-14-26-35/h1-31H/b38-31-,46-39-. The van der Waals surface area contributed by atoms with Gasteiger partial charge in [0.25, 0.3) is 0 Å². The van der Waals surface area contributed by atoms with E-state index in [4.69, 9.17) is 0 Å². The van der Waals surface area contributed by atoms with E-state index in [1.54, 1.807) is 30.3 Å². The van der Waals surface area contributed by atoms with E-state index in [1.165, 1.54) is 0 Å². The third-order valence-electron chi connectivity index (χ3n) is 8.63. The molecular formula is C46H31F5P2. The molecule has 260 valence electrons. The summed E-state index contributed by atoms with van der Waals surface area (Å²) in [5.74, 6) is -10.00. The van der Waals surface area contributed by atoms with Crippen molar-refractivity contribution in [2.75, 3.05) is 0 Å². The molecule has 0 aliphatic heterocycles. The molecular weight excluding hydrogens is 709 g/mol. The van der Waals surface area contributed by atoms with Gasteiger partial charge in [0.2, 0.25) is 5.82 Å². The van der Waals surface area contributed by atoms with Crippen LogP contribution in [0.5, 0.6) is 0 Å². The van der Waals surface area contributed by atoms with Crippen LogP contribution in [-0.2, 0) is 0 Å². The summed E-state index contributed by atoms with van der Waals surface area (Å²) in [6.07, 6.45) is 2.01. The summed E-state index contributed by atoms with van der Waals surface area (Å²) in [7, 11) is -3.28. The lowest BCUT2D eigenvalue weighted by molar-refractivity contribution is 0.376. The van der Waals surface area contributed by atoms with E-state index in [0.29, 0.717) is 16.2 Å². The summed E-state index contributed by atoms with van der Waals surface area (Å²) in [6, 6.07) is 56.9. The normalized spacial score (nSPS) is 12.2. The molecule has 0 nitrogen and oxygen atoms in total. The Morgan fingerprint density at radius 1 is 0.358 bits per heavy atom. The number of hydrogen-bond acceptors (Lipinski definition) is 0. The van der Waals surface area contributed by atoms with Crippen LogP contribution in [0.4, 0.5) is 22.0 Å². The van der Waals surface area contributed by atoms with Crippen molar-refractivity contribution in [2.45, 2.75) is 0 Å². The van der Waals surface area contributed by atoms with Gasteiger partial charge in [-0.15, -0.1) is 0 Å². The number of rotatable bonds is 10. The van der Waals surface area contributed by atoms with Crippen LogP contribution < -0.4 is 21.2 Å². The Hall–Kier alpha value is -5.47. The summed E-state index contributed by atoms with van der Waals surface area (Å²) in [6.45, 7) is 0. The lowest BCUT2D eigenvalue weighted by atomic mass is 9.95. The van der Waals surface area contributed by atoms with Gasteiger partial charge in [0.15, 0.2) is 23.3 Å². The van der Waals surface area contributed by atoms with Gasteiger partial charge < -0.3 is 0 Å². The van der Waals surface area contributed by atoms with Crippen molar-refractivity contribution in [1.82, 2.24) is 0 Å². The Bertz CT molecular complexity index is 2260. The maximum Gasteiger partial charge on any atom is 0.200 e. The predicted octanol–water partition coefficient (Wildman–Crippen LogP) is 11.4. The highest BCUT2D eigenvalue weighted by atomic mass is 31.1. The molecule has 7 aromatic carbocycles. The second-order valence-corrected chi connectivity index (χ2v) is 16.3. The highest BCUT2D eigenvalue weighted by Crippen LogP contribution is 2.61.